The van der Waals surface area contributed by atoms with Crippen molar-refractivity contribution in [3.63, 3.8) is 0 Å². The van der Waals surface area contributed by atoms with E-state index in [9.17, 15) is 4.79 Å². The molecule has 0 bridgehead atoms. The third-order valence-electron chi connectivity index (χ3n) is 2.52. The van der Waals surface area contributed by atoms with Gasteiger partial charge < -0.3 is 9.64 Å². The minimum Gasteiger partial charge on any atom is -0.444 e. The molecule has 3 heteroatoms. The number of ether oxygens (including phenoxy) is 1. The standard InChI is InChI=1S/C15H27NO2/c1-6-7-8-9-10-11-12-13-16(5)14(17)18-15(2,3)4/h1H,7-13H2,2-5H3. The van der Waals surface area contributed by atoms with E-state index >= 15 is 0 Å². The number of terminal acetylenes is 1. The van der Waals surface area contributed by atoms with Crippen molar-refractivity contribution in [2.24, 2.45) is 0 Å². The molecule has 0 heterocycles. The predicted octanol–water partition coefficient (Wildman–Crippen LogP) is 3.83. The third-order valence-corrected chi connectivity index (χ3v) is 2.52. The first kappa shape index (κ1) is 16.8. The summed E-state index contributed by atoms with van der Waals surface area (Å²) in [6, 6.07) is 0. The molecular weight excluding hydrogens is 226 g/mol. The van der Waals surface area contributed by atoms with Gasteiger partial charge in [0.1, 0.15) is 5.60 Å². The first-order chi connectivity index (χ1) is 8.37. The largest absolute Gasteiger partial charge is 0.444 e. The van der Waals surface area contributed by atoms with Gasteiger partial charge in [0.05, 0.1) is 0 Å². The van der Waals surface area contributed by atoms with Crippen LogP contribution in [0.15, 0.2) is 0 Å². The van der Waals surface area contributed by atoms with Crippen LogP contribution in [-0.2, 0) is 4.74 Å². The smallest absolute Gasteiger partial charge is 0.410 e. The Bertz CT molecular complexity index is 273. The molecule has 0 saturated carbocycles. The van der Waals surface area contributed by atoms with E-state index in [0.29, 0.717) is 0 Å². The average molecular weight is 253 g/mol. The monoisotopic (exact) mass is 253 g/mol. The van der Waals surface area contributed by atoms with Crippen LogP contribution in [0.1, 0.15) is 59.3 Å². The minimum absolute atomic E-state index is 0.241. The molecule has 0 rings (SSSR count). The van der Waals surface area contributed by atoms with Crippen LogP contribution in [-0.4, -0.2) is 30.2 Å². The van der Waals surface area contributed by atoms with Crippen molar-refractivity contribution in [1.29, 1.82) is 0 Å². The Kier molecular flexibility index (Phi) is 8.28. The fourth-order valence-corrected chi connectivity index (χ4v) is 1.54. The Hall–Kier alpha value is -1.17. The van der Waals surface area contributed by atoms with Gasteiger partial charge in [-0.3, -0.25) is 0 Å². The van der Waals surface area contributed by atoms with Gasteiger partial charge in [0.15, 0.2) is 0 Å². The van der Waals surface area contributed by atoms with E-state index in [0.717, 1.165) is 32.2 Å². The van der Waals surface area contributed by atoms with Gasteiger partial charge in [-0.1, -0.05) is 19.3 Å². The van der Waals surface area contributed by atoms with Gasteiger partial charge in [0.25, 0.3) is 0 Å². The van der Waals surface area contributed by atoms with E-state index in [4.69, 9.17) is 11.2 Å². The lowest BCUT2D eigenvalue weighted by molar-refractivity contribution is 0.0296. The predicted molar refractivity (Wildman–Crippen MR) is 75.4 cm³/mol. The summed E-state index contributed by atoms with van der Waals surface area (Å²) in [5.41, 5.74) is -0.416. The summed E-state index contributed by atoms with van der Waals surface area (Å²) in [6.07, 6.45) is 11.4. The highest BCUT2D eigenvalue weighted by molar-refractivity contribution is 5.67. The first-order valence-corrected chi connectivity index (χ1v) is 6.74. The molecule has 0 aliphatic heterocycles. The van der Waals surface area contributed by atoms with Crippen LogP contribution < -0.4 is 0 Å². The van der Waals surface area contributed by atoms with Crippen molar-refractivity contribution in [3.8, 4) is 12.3 Å². The number of nitrogens with zero attached hydrogens (tertiary/aromatic N) is 1. The fourth-order valence-electron chi connectivity index (χ4n) is 1.54. The molecule has 3 nitrogen and oxygen atoms in total. The molecule has 0 radical (unpaired) electrons. The molecular formula is C15H27NO2. The summed E-state index contributed by atoms with van der Waals surface area (Å²) in [4.78, 5) is 13.3. The topological polar surface area (TPSA) is 29.5 Å². The summed E-state index contributed by atoms with van der Waals surface area (Å²) < 4.78 is 5.27. The maximum absolute atomic E-state index is 11.6. The SMILES string of the molecule is C#CCCCCCCCN(C)C(=O)OC(C)(C)C. The number of hydrogen-bond acceptors (Lipinski definition) is 2. The van der Waals surface area contributed by atoms with E-state index in [1.807, 2.05) is 20.8 Å². The second-order valence-electron chi connectivity index (χ2n) is 5.62. The summed E-state index contributed by atoms with van der Waals surface area (Å²) in [7, 11) is 1.78. The highest BCUT2D eigenvalue weighted by Crippen LogP contribution is 2.10. The Balaban J connectivity index is 3.56. The zero-order chi connectivity index (χ0) is 14.0. The molecule has 0 atom stereocenters. The molecule has 0 fully saturated rings. The lowest BCUT2D eigenvalue weighted by Gasteiger charge is -2.24. The molecule has 0 aliphatic carbocycles. The lowest BCUT2D eigenvalue weighted by atomic mass is 10.1. The Labute approximate surface area is 112 Å². The average Bonchev–Trinajstić information content (AvgIpc) is 2.25. The first-order valence-electron chi connectivity index (χ1n) is 6.74. The van der Waals surface area contributed by atoms with Gasteiger partial charge in [0.2, 0.25) is 0 Å². The van der Waals surface area contributed by atoms with Gasteiger partial charge in [-0.15, -0.1) is 12.3 Å². The zero-order valence-electron chi connectivity index (χ0n) is 12.3. The molecule has 0 N–H and O–H groups in total. The fraction of sp³-hybridized carbons (Fsp3) is 0.800. The molecule has 0 spiro atoms. The maximum atomic E-state index is 11.6. The van der Waals surface area contributed by atoms with Crippen LogP contribution in [0.3, 0.4) is 0 Å². The number of carbonyl (C=O) groups excluding carboxylic acids is 1. The van der Waals surface area contributed by atoms with Crippen molar-refractivity contribution in [2.75, 3.05) is 13.6 Å². The van der Waals surface area contributed by atoms with E-state index in [-0.39, 0.29) is 6.09 Å². The molecule has 0 aliphatic rings. The Morgan fingerprint density at radius 2 is 1.72 bits per heavy atom. The number of amides is 1. The van der Waals surface area contributed by atoms with Crippen molar-refractivity contribution in [3.05, 3.63) is 0 Å². The molecule has 0 unspecified atom stereocenters. The van der Waals surface area contributed by atoms with Crippen molar-refractivity contribution >= 4 is 6.09 Å². The minimum atomic E-state index is -0.416. The highest BCUT2D eigenvalue weighted by atomic mass is 16.6. The van der Waals surface area contributed by atoms with E-state index in [2.05, 4.69) is 5.92 Å². The molecule has 0 saturated heterocycles. The van der Waals surface area contributed by atoms with Gasteiger partial charge in [-0.05, 0) is 33.6 Å². The molecule has 0 aromatic carbocycles. The van der Waals surface area contributed by atoms with E-state index in [1.165, 1.54) is 12.8 Å². The van der Waals surface area contributed by atoms with Gasteiger partial charge in [0, 0.05) is 20.0 Å². The van der Waals surface area contributed by atoms with E-state index < -0.39 is 5.60 Å². The van der Waals surface area contributed by atoms with Crippen LogP contribution in [0.2, 0.25) is 0 Å². The van der Waals surface area contributed by atoms with Crippen LogP contribution in [0, 0.1) is 12.3 Å². The third kappa shape index (κ3) is 10.0. The molecule has 0 aromatic rings. The molecule has 18 heavy (non-hydrogen) atoms. The number of hydrogen-bond donors (Lipinski definition) is 0. The Morgan fingerprint density at radius 1 is 1.17 bits per heavy atom. The summed E-state index contributed by atoms with van der Waals surface area (Å²) in [5, 5.41) is 0. The van der Waals surface area contributed by atoms with Crippen LogP contribution in [0.25, 0.3) is 0 Å². The van der Waals surface area contributed by atoms with Crippen molar-refractivity contribution in [2.45, 2.75) is 64.9 Å². The van der Waals surface area contributed by atoms with Crippen LogP contribution in [0.4, 0.5) is 4.79 Å². The Morgan fingerprint density at radius 3 is 2.28 bits per heavy atom. The summed E-state index contributed by atoms with van der Waals surface area (Å²) >= 11 is 0. The second kappa shape index (κ2) is 8.85. The summed E-state index contributed by atoms with van der Waals surface area (Å²) in [5.74, 6) is 2.64. The quantitative estimate of drug-likeness (QED) is 0.510. The number of carbonyl (C=O) groups is 1. The molecule has 1 amide bonds. The van der Waals surface area contributed by atoms with Gasteiger partial charge in [-0.2, -0.15) is 0 Å². The van der Waals surface area contributed by atoms with Crippen LogP contribution >= 0.6 is 0 Å². The number of unbranched alkanes of at least 4 members (excludes halogenated alkanes) is 5. The zero-order valence-corrected chi connectivity index (χ0v) is 12.3. The normalized spacial score (nSPS) is 10.8. The molecule has 0 aromatic heterocycles. The lowest BCUT2D eigenvalue weighted by Crippen LogP contribution is -2.34. The van der Waals surface area contributed by atoms with E-state index in [1.54, 1.807) is 11.9 Å². The van der Waals surface area contributed by atoms with Crippen molar-refractivity contribution in [1.82, 2.24) is 4.90 Å². The molecule has 104 valence electrons. The van der Waals surface area contributed by atoms with Crippen molar-refractivity contribution < 1.29 is 9.53 Å². The van der Waals surface area contributed by atoms with Crippen LogP contribution in [0.5, 0.6) is 0 Å². The van der Waals surface area contributed by atoms with Gasteiger partial charge in [-0.25, -0.2) is 4.79 Å². The highest BCUT2D eigenvalue weighted by Gasteiger charge is 2.18. The van der Waals surface area contributed by atoms with Gasteiger partial charge >= 0.3 is 6.09 Å². The summed E-state index contributed by atoms with van der Waals surface area (Å²) in [6.45, 7) is 6.39. The second-order valence-corrected chi connectivity index (χ2v) is 5.62. The maximum Gasteiger partial charge on any atom is 0.410 e. The number of rotatable bonds is 7.